The monoisotopic (exact) mass is 528 g/mol. The lowest BCUT2D eigenvalue weighted by molar-refractivity contribution is -0.137. The summed E-state index contributed by atoms with van der Waals surface area (Å²) in [5, 5.41) is 3.16. The van der Waals surface area contributed by atoms with E-state index in [4.69, 9.17) is 0 Å². The van der Waals surface area contributed by atoms with Crippen molar-refractivity contribution in [2.45, 2.75) is 6.18 Å². The average Bonchev–Trinajstić information content (AvgIpc) is 2.83. The minimum Gasteiger partial charge on any atom is -1.00 e. The summed E-state index contributed by atoms with van der Waals surface area (Å²) in [5.41, 5.74) is -0.477. The molecule has 0 amide bonds. The van der Waals surface area contributed by atoms with Gasteiger partial charge in [-0.1, -0.05) is 66.7 Å². The second kappa shape index (κ2) is 10.5. The van der Waals surface area contributed by atoms with E-state index in [0.29, 0.717) is 0 Å². The fraction of sp³-hybridized carbons (Fsp3) is 0.0741. The largest absolute Gasteiger partial charge is 1.00 e. The summed E-state index contributed by atoms with van der Waals surface area (Å²) in [7, 11) is -2.39. The number of hydrogen-bond acceptors (Lipinski definition) is 1. The lowest BCUT2D eigenvalue weighted by Crippen LogP contribution is -3.00. The number of carbonyl (C=O) groups excluding carboxylic acids is 1. The maximum atomic E-state index is 13.5. The Bertz CT molecular complexity index is 1080. The molecular weight excluding hydrogens is 508 g/mol. The van der Waals surface area contributed by atoms with Crippen LogP contribution in [0.4, 0.5) is 13.2 Å². The van der Waals surface area contributed by atoms with Crippen LogP contribution in [0, 0.1) is 0 Å². The van der Waals surface area contributed by atoms with Crippen molar-refractivity contribution in [3.05, 3.63) is 126 Å². The van der Waals surface area contributed by atoms with Crippen molar-refractivity contribution in [3.63, 3.8) is 0 Å². The first-order valence-corrected chi connectivity index (χ1v) is 12.1. The van der Waals surface area contributed by atoms with E-state index in [1.807, 2.05) is 91.0 Å². The second-order valence-corrected chi connectivity index (χ2v) is 11.0. The van der Waals surface area contributed by atoms with Gasteiger partial charge < -0.3 is 17.0 Å². The molecule has 168 valence electrons. The topological polar surface area (TPSA) is 17.1 Å². The molecule has 1 nitrogen and oxygen atoms in total. The van der Waals surface area contributed by atoms with Gasteiger partial charge in [-0.15, -0.1) is 0 Å². The van der Waals surface area contributed by atoms with Crippen molar-refractivity contribution in [1.29, 1.82) is 0 Å². The summed E-state index contributed by atoms with van der Waals surface area (Å²) in [6.45, 7) is 0. The average molecular weight is 529 g/mol. The van der Waals surface area contributed by atoms with Gasteiger partial charge in [-0.3, -0.25) is 4.79 Å². The number of halogens is 4. The van der Waals surface area contributed by atoms with Crippen molar-refractivity contribution < 1.29 is 34.9 Å². The highest BCUT2D eigenvalue weighted by Gasteiger charge is 2.47. The van der Waals surface area contributed by atoms with Gasteiger partial charge >= 0.3 is 6.18 Å². The normalized spacial score (nSPS) is 11.5. The quantitative estimate of drug-likeness (QED) is 0.278. The summed E-state index contributed by atoms with van der Waals surface area (Å²) in [5.74, 6) is -0.177. The molecule has 0 aliphatic heterocycles. The molecule has 0 spiro atoms. The van der Waals surface area contributed by atoms with E-state index in [1.165, 1.54) is 12.1 Å². The molecular formula is C27H21BrF3OP. The van der Waals surface area contributed by atoms with Crippen molar-refractivity contribution in [3.8, 4) is 0 Å². The van der Waals surface area contributed by atoms with Crippen LogP contribution in [0.5, 0.6) is 0 Å². The minimum absolute atomic E-state index is 0. The molecule has 0 aliphatic carbocycles. The molecule has 0 unspecified atom stereocenters. The Morgan fingerprint density at radius 3 is 1.30 bits per heavy atom. The van der Waals surface area contributed by atoms with Gasteiger partial charge in [-0.25, -0.2) is 0 Å². The standard InChI is InChI=1S/C27H21F3OP.BrH/c28-27(29,30)22-18-16-21(17-19-22)26(31)20-32(23-10-4-1-5-11-23,24-12-6-2-7-13-24)25-14-8-3-9-15-25;/h1-19H,20H2;1H/q+1;/p-1. The van der Waals surface area contributed by atoms with Gasteiger partial charge in [0.2, 0.25) is 5.78 Å². The van der Waals surface area contributed by atoms with Crippen LogP contribution in [0.2, 0.25) is 0 Å². The molecule has 4 aromatic rings. The van der Waals surface area contributed by atoms with Crippen LogP contribution >= 0.6 is 7.26 Å². The summed E-state index contributed by atoms with van der Waals surface area (Å²) >= 11 is 0. The second-order valence-electron chi connectivity index (χ2n) is 7.47. The smallest absolute Gasteiger partial charge is 0.416 e. The SMILES string of the molecule is O=C(C[P+](c1ccccc1)(c1ccccc1)c1ccccc1)c1ccc(C(F)(F)F)cc1.[Br-]. The fourth-order valence-electron chi connectivity index (χ4n) is 3.92. The summed E-state index contributed by atoms with van der Waals surface area (Å²) in [6, 6.07) is 34.3. The van der Waals surface area contributed by atoms with Crippen molar-refractivity contribution in [2.24, 2.45) is 0 Å². The highest BCUT2D eigenvalue weighted by atomic mass is 79.9. The van der Waals surface area contributed by atoms with E-state index in [1.54, 1.807) is 0 Å². The molecule has 4 rings (SSSR count). The minimum atomic E-state index is -4.43. The van der Waals surface area contributed by atoms with E-state index in [9.17, 15) is 18.0 Å². The first kappa shape index (κ1) is 24.9. The Hall–Kier alpha value is -2.75. The van der Waals surface area contributed by atoms with Gasteiger partial charge in [-0.2, -0.15) is 13.2 Å². The number of carbonyl (C=O) groups is 1. The van der Waals surface area contributed by atoms with E-state index in [2.05, 4.69) is 0 Å². The Morgan fingerprint density at radius 1 is 0.606 bits per heavy atom. The lowest BCUT2D eigenvalue weighted by Gasteiger charge is -2.27. The van der Waals surface area contributed by atoms with Crippen LogP contribution in [0.25, 0.3) is 0 Å². The maximum absolute atomic E-state index is 13.5. The number of ketones is 1. The highest BCUT2D eigenvalue weighted by Crippen LogP contribution is 2.55. The van der Waals surface area contributed by atoms with Crippen LogP contribution in [0.1, 0.15) is 15.9 Å². The number of alkyl halides is 3. The van der Waals surface area contributed by atoms with Crippen LogP contribution in [0.3, 0.4) is 0 Å². The third kappa shape index (κ3) is 5.26. The predicted octanol–water partition coefficient (Wildman–Crippen LogP) is 2.89. The molecule has 0 bridgehead atoms. The van der Waals surface area contributed by atoms with E-state index >= 15 is 0 Å². The number of benzene rings is 4. The maximum Gasteiger partial charge on any atom is 0.416 e. The lowest BCUT2D eigenvalue weighted by atomic mass is 10.1. The molecule has 0 saturated carbocycles. The van der Waals surface area contributed by atoms with Gasteiger partial charge in [0.1, 0.15) is 29.3 Å². The van der Waals surface area contributed by atoms with E-state index in [-0.39, 0.29) is 34.5 Å². The van der Waals surface area contributed by atoms with Gasteiger partial charge in [-0.05, 0) is 48.5 Å². The summed E-state index contributed by atoms with van der Waals surface area (Å²) in [6.07, 6.45) is -4.24. The van der Waals surface area contributed by atoms with E-state index in [0.717, 1.165) is 28.0 Å². The van der Waals surface area contributed by atoms with Gasteiger partial charge in [0, 0.05) is 5.56 Å². The molecule has 0 atom stereocenters. The molecule has 0 fully saturated rings. The Labute approximate surface area is 202 Å². The molecule has 0 aromatic heterocycles. The van der Waals surface area contributed by atoms with Crippen LogP contribution in [-0.2, 0) is 6.18 Å². The Balaban J connectivity index is 0.00000306. The molecule has 0 saturated heterocycles. The van der Waals surface area contributed by atoms with Gasteiger partial charge in [0.15, 0.2) is 0 Å². The first-order valence-electron chi connectivity index (χ1n) is 10.2. The molecule has 6 heteroatoms. The Morgan fingerprint density at radius 2 is 0.970 bits per heavy atom. The molecule has 0 N–H and O–H groups in total. The number of hydrogen-bond donors (Lipinski definition) is 0. The number of rotatable bonds is 6. The zero-order valence-corrected chi connectivity index (χ0v) is 20.0. The fourth-order valence-corrected chi connectivity index (χ4v) is 8.02. The molecule has 33 heavy (non-hydrogen) atoms. The predicted molar refractivity (Wildman–Crippen MR) is 126 cm³/mol. The van der Waals surface area contributed by atoms with Gasteiger partial charge in [0.25, 0.3) is 0 Å². The molecule has 4 aromatic carbocycles. The van der Waals surface area contributed by atoms with Gasteiger partial charge in [0.05, 0.1) is 5.56 Å². The zero-order valence-electron chi connectivity index (χ0n) is 17.5. The summed E-state index contributed by atoms with van der Waals surface area (Å²) < 4.78 is 38.9. The first-order chi connectivity index (χ1) is 15.4. The van der Waals surface area contributed by atoms with Crippen molar-refractivity contribution in [2.75, 3.05) is 6.16 Å². The molecule has 0 aliphatic rings. The van der Waals surface area contributed by atoms with Crippen LogP contribution in [0.15, 0.2) is 115 Å². The highest BCUT2D eigenvalue weighted by molar-refractivity contribution is 7.96. The third-order valence-electron chi connectivity index (χ3n) is 5.51. The van der Waals surface area contributed by atoms with Crippen LogP contribution in [-0.4, -0.2) is 11.9 Å². The van der Waals surface area contributed by atoms with Crippen LogP contribution < -0.4 is 32.9 Å². The van der Waals surface area contributed by atoms with Crippen molar-refractivity contribution in [1.82, 2.24) is 0 Å². The zero-order chi connectivity index (χ0) is 22.6. The molecule has 0 radical (unpaired) electrons. The Kier molecular flexibility index (Phi) is 7.88. The third-order valence-corrected chi connectivity index (χ3v) is 9.81. The van der Waals surface area contributed by atoms with E-state index < -0.39 is 19.0 Å². The van der Waals surface area contributed by atoms with Crippen molar-refractivity contribution >= 4 is 29.0 Å². The summed E-state index contributed by atoms with van der Waals surface area (Å²) in [4.78, 5) is 13.5. The molecule has 0 heterocycles. The number of Topliss-reactive ketones (excluding diaryl/α,β-unsaturated/α-hetero) is 1.